The first-order chi connectivity index (χ1) is 10.7. The molecule has 10 heteroatoms. The molecule has 0 saturated carbocycles. The SMILES string of the molecule is CCS(=O)(=O)N1CCC(NS(=O)(=O)c2c(F)cccc2F)CC1. The lowest BCUT2D eigenvalue weighted by molar-refractivity contribution is 0.308. The van der Waals surface area contributed by atoms with Crippen LogP contribution in [0.25, 0.3) is 0 Å². The average Bonchev–Trinajstić information content (AvgIpc) is 2.47. The number of benzene rings is 1. The first-order valence-corrected chi connectivity index (χ1v) is 10.2. The van der Waals surface area contributed by atoms with Crippen molar-refractivity contribution >= 4 is 20.0 Å². The van der Waals surface area contributed by atoms with E-state index < -0.39 is 42.6 Å². The molecule has 0 radical (unpaired) electrons. The van der Waals surface area contributed by atoms with Crippen LogP contribution in [0.15, 0.2) is 23.1 Å². The zero-order valence-electron chi connectivity index (χ0n) is 12.5. The van der Waals surface area contributed by atoms with E-state index in [2.05, 4.69) is 4.72 Å². The summed E-state index contributed by atoms with van der Waals surface area (Å²) in [5.74, 6) is -2.35. The van der Waals surface area contributed by atoms with Crippen LogP contribution >= 0.6 is 0 Å². The van der Waals surface area contributed by atoms with Crippen molar-refractivity contribution in [2.24, 2.45) is 0 Å². The Morgan fingerprint density at radius 2 is 1.65 bits per heavy atom. The van der Waals surface area contributed by atoms with Crippen LogP contribution in [0, 0.1) is 11.6 Å². The van der Waals surface area contributed by atoms with Gasteiger partial charge < -0.3 is 0 Å². The van der Waals surface area contributed by atoms with E-state index in [-0.39, 0.29) is 31.7 Å². The molecule has 1 saturated heterocycles. The van der Waals surface area contributed by atoms with Gasteiger partial charge in [-0.2, -0.15) is 0 Å². The van der Waals surface area contributed by atoms with E-state index in [1.165, 1.54) is 11.2 Å². The standard InChI is InChI=1S/C13H18F2N2O4S2/c1-2-22(18,19)17-8-6-10(7-9-17)16-23(20,21)13-11(14)4-3-5-12(13)15/h3-5,10,16H,2,6-9H2,1H3. The zero-order chi connectivity index (χ0) is 17.3. The lowest BCUT2D eigenvalue weighted by Gasteiger charge is -2.31. The Morgan fingerprint density at radius 3 is 2.13 bits per heavy atom. The Bertz CT molecular complexity index is 753. The van der Waals surface area contributed by atoms with Gasteiger partial charge in [0, 0.05) is 19.1 Å². The summed E-state index contributed by atoms with van der Waals surface area (Å²) in [5.41, 5.74) is 0. The fourth-order valence-electron chi connectivity index (χ4n) is 2.45. The number of sulfonamides is 2. The molecule has 0 spiro atoms. The van der Waals surface area contributed by atoms with E-state index in [9.17, 15) is 25.6 Å². The second-order valence-corrected chi connectivity index (χ2v) is 9.15. The fourth-order valence-corrected chi connectivity index (χ4v) is 5.03. The number of rotatable bonds is 5. The lowest BCUT2D eigenvalue weighted by atomic mass is 10.1. The van der Waals surface area contributed by atoms with E-state index in [1.807, 2.05) is 0 Å². The molecule has 6 nitrogen and oxygen atoms in total. The molecular formula is C13H18F2N2O4S2. The lowest BCUT2D eigenvalue weighted by Crippen LogP contribution is -2.47. The second kappa shape index (κ2) is 6.80. The van der Waals surface area contributed by atoms with E-state index in [0.29, 0.717) is 0 Å². The fraction of sp³-hybridized carbons (Fsp3) is 0.538. The summed E-state index contributed by atoms with van der Waals surface area (Å²) < 4.78 is 78.6. The van der Waals surface area contributed by atoms with Crippen molar-refractivity contribution < 1.29 is 25.6 Å². The number of nitrogens with one attached hydrogen (secondary N) is 1. The molecular weight excluding hydrogens is 350 g/mol. The van der Waals surface area contributed by atoms with Gasteiger partial charge in [0.25, 0.3) is 0 Å². The van der Waals surface area contributed by atoms with E-state index in [4.69, 9.17) is 0 Å². The molecule has 0 atom stereocenters. The Morgan fingerprint density at radius 1 is 1.13 bits per heavy atom. The van der Waals surface area contributed by atoms with E-state index in [0.717, 1.165) is 18.2 Å². The normalized spacial score (nSPS) is 18.2. The minimum absolute atomic E-state index is 0.0240. The van der Waals surface area contributed by atoms with Gasteiger partial charge in [-0.3, -0.25) is 0 Å². The van der Waals surface area contributed by atoms with Crippen molar-refractivity contribution in [1.82, 2.24) is 9.03 Å². The number of hydrogen-bond donors (Lipinski definition) is 1. The minimum atomic E-state index is -4.35. The number of hydrogen-bond acceptors (Lipinski definition) is 4. The van der Waals surface area contributed by atoms with Gasteiger partial charge in [0.2, 0.25) is 20.0 Å². The van der Waals surface area contributed by atoms with Gasteiger partial charge in [-0.15, -0.1) is 0 Å². The molecule has 0 amide bonds. The van der Waals surface area contributed by atoms with Crippen molar-refractivity contribution in [2.75, 3.05) is 18.8 Å². The van der Waals surface area contributed by atoms with Crippen molar-refractivity contribution in [3.63, 3.8) is 0 Å². The predicted octanol–water partition coefficient (Wildman–Crippen LogP) is 1.06. The van der Waals surface area contributed by atoms with Crippen molar-refractivity contribution in [2.45, 2.75) is 30.7 Å². The maximum Gasteiger partial charge on any atom is 0.246 e. The highest BCUT2D eigenvalue weighted by Crippen LogP contribution is 2.21. The van der Waals surface area contributed by atoms with Crippen molar-refractivity contribution in [1.29, 1.82) is 0 Å². The minimum Gasteiger partial charge on any atom is -0.212 e. The van der Waals surface area contributed by atoms with Gasteiger partial charge in [-0.1, -0.05) is 6.07 Å². The van der Waals surface area contributed by atoms with Gasteiger partial charge in [0.15, 0.2) is 4.90 Å². The summed E-state index contributed by atoms with van der Waals surface area (Å²) in [4.78, 5) is -1.01. The molecule has 23 heavy (non-hydrogen) atoms. The van der Waals surface area contributed by atoms with Crippen LogP contribution in [0.5, 0.6) is 0 Å². The summed E-state index contributed by atoms with van der Waals surface area (Å²) in [6, 6.07) is 2.25. The highest BCUT2D eigenvalue weighted by molar-refractivity contribution is 7.89. The van der Waals surface area contributed by atoms with Gasteiger partial charge in [-0.05, 0) is 31.9 Å². The third kappa shape index (κ3) is 4.06. The topological polar surface area (TPSA) is 83.6 Å². The monoisotopic (exact) mass is 368 g/mol. The van der Waals surface area contributed by atoms with Crippen molar-refractivity contribution in [3.05, 3.63) is 29.8 Å². The molecule has 0 bridgehead atoms. The van der Waals surface area contributed by atoms with Gasteiger partial charge in [0.05, 0.1) is 5.75 Å². The summed E-state index contributed by atoms with van der Waals surface area (Å²) in [6.07, 6.45) is 0.489. The maximum absolute atomic E-state index is 13.6. The second-order valence-electron chi connectivity index (χ2n) is 5.25. The maximum atomic E-state index is 13.6. The highest BCUT2D eigenvalue weighted by atomic mass is 32.2. The van der Waals surface area contributed by atoms with Crippen LogP contribution in [-0.4, -0.2) is 46.0 Å². The quantitative estimate of drug-likeness (QED) is 0.842. The first kappa shape index (κ1) is 18.2. The zero-order valence-corrected chi connectivity index (χ0v) is 14.1. The average molecular weight is 368 g/mol. The number of nitrogens with zero attached hydrogens (tertiary/aromatic N) is 1. The molecule has 1 heterocycles. The smallest absolute Gasteiger partial charge is 0.212 e. The molecule has 1 fully saturated rings. The molecule has 1 aromatic carbocycles. The molecule has 0 unspecified atom stereocenters. The number of halogens is 2. The summed E-state index contributed by atoms with van der Waals surface area (Å²) >= 11 is 0. The summed E-state index contributed by atoms with van der Waals surface area (Å²) in [6.45, 7) is 1.87. The van der Waals surface area contributed by atoms with E-state index in [1.54, 1.807) is 0 Å². The van der Waals surface area contributed by atoms with Crippen LogP contribution in [0.2, 0.25) is 0 Å². The molecule has 1 aliphatic rings. The van der Waals surface area contributed by atoms with Gasteiger partial charge in [0.1, 0.15) is 11.6 Å². The third-order valence-corrected chi connectivity index (χ3v) is 7.17. The Balaban J connectivity index is 2.09. The summed E-state index contributed by atoms with van der Waals surface area (Å²) in [5, 5.41) is 0. The van der Waals surface area contributed by atoms with Crippen LogP contribution in [-0.2, 0) is 20.0 Å². The van der Waals surface area contributed by atoms with Crippen molar-refractivity contribution in [3.8, 4) is 0 Å². The Kier molecular flexibility index (Phi) is 5.39. The van der Waals surface area contributed by atoms with Crippen LogP contribution in [0.4, 0.5) is 8.78 Å². The molecule has 1 aliphatic heterocycles. The summed E-state index contributed by atoms with van der Waals surface area (Å²) in [7, 11) is -7.67. The highest BCUT2D eigenvalue weighted by Gasteiger charge is 2.31. The first-order valence-electron chi connectivity index (χ1n) is 7.11. The predicted molar refractivity (Wildman–Crippen MR) is 80.7 cm³/mol. The molecule has 1 aromatic rings. The van der Waals surface area contributed by atoms with E-state index >= 15 is 0 Å². The molecule has 2 rings (SSSR count). The van der Waals surface area contributed by atoms with Gasteiger partial charge in [-0.25, -0.2) is 34.6 Å². The molecule has 1 N–H and O–H groups in total. The van der Waals surface area contributed by atoms with Crippen LogP contribution < -0.4 is 4.72 Å². The third-order valence-electron chi connectivity index (χ3n) is 3.72. The largest absolute Gasteiger partial charge is 0.246 e. The molecule has 0 aliphatic carbocycles. The Labute approximate surface area is 134 Å². The van der Waals surface area contributed by atoms with Gasteiger partial charge >= 0.3 is 0 Å². The molecule has 130 valence electrons. The Hall–Kier alpha value is -1.10. The number of piperidine rings is 1. The van der Waals surface area contributed by atoms with Crippen LogP contribution in [0.1, 0.15) is 19.8 Å². The molecule has 0 aromatic heterocycles. The van der Waals surface area contributed by atoms with Crippen LogP contribution in [0.3, 0.4) is 0 Å².